The van der Waals surface area contributed by atoms with Crippen molar-refractivity contribution in [3.63, 3.8) is 0 Å². The largest absolute Gasteiger partial charge is 0.444 e. The molecule has 1 amide bonds. The molecule has 1 aromatic carbocycles. The molecule has 0 radical (unpaired) electrons. The first-order valence-corrected chi connectivity index (χ1v) is 8.46. The number of hydrogen-bond donors (Lipinski definition) is 0. The van der Waals surface area contributed by atoms with E-state index in [1.807, 2.05) is 52.8 Å². The van der Waals surface area contributed by atoms with Crippen LogP contribution in [0.4, 0.5) is 4.79 Å². The highest BCUT2D eigenvalue weighted by Crippen LogP contribution is 2.14. The van der Waals surface area contributed by atoms with E-state index in [1.165, 1.54) is 5.56 Å². The van der Waals surface area contributed by atoms with Crippen LogP contribution in [0.1, 0.15) is 42.3 Å². The number of benzene rings is 1. The summed E-state index contributed by atoms with van der Waals surface area (Å²) in [4.78, 5) is 28.3. The summed E-state index contributed by atoms with van der Waals surface area (Å²) in [5, 5.41) is 0. The third-order valence-electron chi connectivity index (χ3n) is 4.22. The van der Waals surface area contributed by atoms with Gasteiger partial charge in [-0.25, -0.2) is 4.79 Å². The molecule has 132 valence electrons. The molecule has 24 heavy (non-hydrogen) atoms. The molecule has 5 heteroatoms. The number of carbonyl (C=O) groups is 2. The fraction of sp³-hybridized carbons (Fsp3) is 0.579. The van der Waals surface area contributed by atoms with Crippen LogP contribution in [-0.2, 0) is 4.74 Å². The van der Waals surface area contributed by atoms with Gasteiger partial charge in [-0.1, -0.05) is 12.1 Å². The standard InChI is InChI=1S/C19H28N2O3/c1-14-6-7-16(12-15(14)2)17(22)13-20-8-10-21(11-9-20)18(23)24-19(3,4)5/h6-7,12H,8-11,13H2,1-5H3. The number of hydrogen-bond acceptors (Lipinski definition) is 4. The van der Waals surface area contributed by atoms with Crippen LogP contribution in [0, 0.1) is 13.8 Å². The Morgan fingerprint density at radius 1 is 1.04 bits per heavy atom. The number of Topliss-reactive ketones (excluding diaryl/α,β-unsaturated/α-hetero) is 1. The zero-order valence-electron chi connectivity index (χ0n) is 15.4. The molecule has 0 N–H and O–H groups in total. The van der Waals surface area contributed by atoms with Crippen LogP contribution in [0.2, 0.25) is 0 Å². The number of aryl methyl sites for hydroxylation is 2. The molecule has 0 unspecified atom stereocenters. The fourth-order valence-electron chi connectivity index (χ4n) is 2.62. The van der Waals surface area contributed by atoms with Crippen molar-refractivity contribution in [2.24, 2.45) is 0 Å². The molecule has 1 heterocycles. The molecule has 1 aliphatic rings. The van der Waals surface area contributed by atoms with Crippen LogP contribution >= 0.6 is 0 Å². The van der Waals surface area contributed by atoms with Crippen LogP contribution in [0.5, 0.6) is 0 Å². The Kier molecular flexibility index (Phi) is 5.65. The van der Waals surface area contributed by atoms with Crippen molar-refractivity contribution < 1.29 is 14.3 Å². The molecule has 0 bridgehead atoms. The maximum atomic E-state index is 12.4. The summed E-state index contributed by atoms with van der Waals surface area (Å²) < 4.78 is 5.39. The Bertz CT molecular complexity index is 612. The lowest BCUT2D eigenvalue weighted by molar-refractivity contribution is 0.0149. The normalized spacial score (nSPS) is 16.1. The molecule has 2 rings (SSSR count). The van der Waals surface area contributed by atoms with Crippen molar-refractivity contribution in [3.05, 3.63) is 34.9 Å². The van der Waals surface area contributed by atoms with Crippen LogP contribution in [0.3, 0.4) is 0 Å². The summed E-state index contributed by atoms with van der Waals surface area (Å²) in [5.41, 5.74) is 2.61. The van der Waals surface area contributed by atoms with E-state index in [0.717, 1.165) is 11.1 Å². The first kappa shape index (κ1) is 18.5. The minimum atomic E-state index is -0.479. The molecule has 0 aliphatic carbocycles. The van der Waals surface area contributed by atoms with E-state index in [1.54, 1.807) is 4.90 Å². The number of ether oxygens (including phenoxy) is 1. The highest BCUT2D eigenvalue weighted by molar-refractivity contribution is 5.97. The minimum Gasteiger partial charge on any atom is -0.444 e. The van der Waals surface area contributed by atoms with E-state index in [0.29, 0.717) is 32.7 Å². The number of carbonyl (C=O) groups excluding carboxylic acids is 2. The maximum absolute atomic E-state index is 12.4. The van der Waals surface area contributed by atoms with Crippen molar-refractivity contribution in [1.82, 2.24) is 9.80 Å². The average Bonchev–Trinajstić information content (AvgIpc) is 2.49. The molecular formula is C19H28N2O3. The molecule has 0 atom stereocenters. The van der Waals surface area contributed by atoms with Crippen LogP contribution in [0.25, 0.3) is 0 Å². The van der Waals surface area contributed by atoms with Gasteiger partial charge in [0.25, 0.3) is 0 Å². The van der Waals surface area contributed by atoms with E-state index in [4.69, 9.17) is 4.74 Å². The van der Waals surface area contributed by atoms with Gasteiger partial charge in [-0.3, -0.25) is 9.69 Å². The van der Waals surface area contributed by atoms with Crippen molar-refractivity contribution in [1.29, 1.82) is 0 Å². The summed E-state index contributed by atoms with van der Waals surface area (Å²) in [7, 11) is 0. The Morgan fingerprint density at radius 2 is 1.67 bits per heavy atom. The number of ketones is 1. The number of piperazine rings is 1. The van der Waals surface area contributed by atoms with E-state index >= 15 is 0 Å². The lowest BCUT2D eigenvalue weighted by Gasteiger charge is -2.35. The molecule has 0 aromatic heterocycles. The predicted molar refractivity (Wildman–Crippen MR) is 94.5 cm³/mol. The summed E-state index contributed by atoms with van der Waals surface area (Å²) >= 11 is 0. The van der Waals surface area contributed by atoms with E-state index in [9.17, 15) is 9.59 Å². The second-order valence-corrected chi connectivity index (χ2v) is 7.47. The van der Waals surface area contributed by atoms with Gasteiger partial charge in [0.1, 0.15) is 5.60 Å². The molecule has 5 nitrogen and oxygen atoms in total. The van der Waals surface area contributed by atoms with Crippen molar-refractivity contribution in [2.75, 3.05) is 32.7 Å². The SMILES string of the molecule is Cc1ccc(C(=O)CN2CCN(C(=O)OC(C)(C)C)CC2)cc1C. The highest BCUT2D eigenvalue weighted by atomic mass is 16.6. The summed E-state index contributed by atoms with van der Waals surface area (Å²) in [6, 6.07) is 5.83. The van der Waals surface area contributed by atoms with Gasteiger partial charge in [0.05, 0.1) is 6.54 Å². The molecule has 0 spiro atoms. The number of amides is 1. The Hall–Kier alpha value is -1.88. The van der Waals surface area contributed by atoms with E-state index in [2.05, 4.69) is 4.90 Å². The topological polar surface area (TPSA) is 49.9 Å². The number of rotatable bonds is 3. The second kappa shape index (κ2) is 7.34. The molecular weight excluding hydrogens is 304 g/mol. The monoisotopic (exact) mass is 332 g/mol. The summed E-state index contributed by atoms with van der Waals surface area (Å²) in [6.45, 7) is 12.6. The molecule has 1 aliphatic heterocycles. The van der Waals surface area contributed by atoms with E-state index in [-0.39, 0.29) is 11.9 Å². The van der Waals surface area contributed by atoms with Gasteiger partial charge >= 0.3 is 6.09 Å². The van der Waals surface area contributed by atoms with Crippen molar-refractivity contribution in [3.8, 4) is 0 Å². The van der Waals surface area contributed by atoms with Gasteiger partial charge in [-0.2, -0.15) is 0 Å². The lowest BCUT2D eigenvalue weighted by Crippen LogP contribution is -2.51. The first-order chi connectivity index (χ1) is 11.2. The van der Waals surface area contributed by atoms with Gasteiger partial charge in [0.2, 0.25) is 0 Å². The van der Waals surface area contributed by atoms with Crippen molar-refractivity contribution in [2.45, 2.75) is 40.2 Å². The van der Waals surface area contributed by atoms with Crippen LogP contribution < -0.4 is 0 Å². The summed E-state index contributed by atoms with van der Waals surface area (Å²) in [6.07, 6.45) is -0.275. The lowest BCUT2D eigenvalue weighted by atomic mass is 10.0. The van der Waals surface area contributed by atoms with Gasteiger partial charge in [-0.05, 0) is 51.8 Å². The van der Waals surface area contributed by atoms with Crippen molar-refractivity contribution >= 4 is 11.9 Å². The van der Waals surface area contributed by atoms with Gasteiger partial charge in [-0.15, -0.1) is 0 Å². The first-order valence-electron chi connectivity index (χ1n) is 8.46. The molecule has 0 saturated carbocycles. The minimum absolute atomic E-state index is 0.129. The quantitative estimate of drug-likeness (QED) is 0.798. The van der Waals surface area contributed by atoms with Crippen LogP contribution in [0.15, 0.2) is 18.2 Å². The number of nitrogens with zero attached hydrogens (tertiary/aromatic N) is 2. The summed E-state index contributed by atoms with van der Waals surface area (Å²) in [5.74, 6) is 0.129. The zero-order chi connectivity index (χ0) is 17.9. The van der Waals surface area contributed by atoms with Gasteiger partial charge in [0, 0.05) is 31.7 Å². The average molecular weight is 332 g/mol. The third kappa shape index (κ3) is 5.06. The Labute approximate surface area is 144 Å². The van der Waals surface area contributed by atoms with Gasteiger partial charge < -0.3 is 9.64 Å². The third-order valence-corrected chi connectivity index (χ3v) is 4.22. The second-order valence-electron chi connectivity index (χ2n) is 7.47. The Morgan fingerprint density at radius 3 is 2.21 bits per heavy atom. The Balaban J connectivity index is 1.85. The van der Waals surface area contributed by atoms with E-state index < -0.39 is 5.60 Å². The zero-order valence-corrected chi connectivity index (χ0v) is 15.4. The van der Waals surface area contributed by atoms with Crippen LogP contribution in [-0.4, -0.2) is 60.0 Å². The molecule has 1 fully saturated rings. The fourth-order valence-corrected chi connectivity index (χ4v) is 2.62. The highest BCUT2D eigenvalue weighted by Gasteiger charge is 2.26. The predicted octanol–water partition coefficient (Wildman–Crippen LogP) is 3.04. The smallest absolute Gasteiger partial charge is 0.410 e. The maximum Gasteiger partial charge on any atom is 0.410 e. The molecule has 1 saturated heterocycles. The molecule has 1 aromatic rings. The van der Waals surface area contributed by atoms with Gasteiger partial charge in [0.15, 0.2) is 5.78 Å².